The first-order valence-corrected chi connectivity index (χ1v) is 14.1. The van der Waals surface area contributed by atoms with Crippen LogP contribution < -0.4 is 9.46 Å². The molecule has 0 aliphatic rings. The number of rotatable bonds is 18. The number of hydrogen-bond acceptors (Lipinski definition) is 4. The number of sulfonamides is 1. The predicted octanol–water partition coefficient (Wildman–Crippen LogP) is 6.77. The van der Waals surface area contributed by atoms with Crippen molar-refractivity contribution in [2.24, 2.45) is 0 Å². The van der Waals surface area contributed by atoms with Crippen molar-refractivity contribution in [1.82, 2.24) is 0 Å². The van der Waals surface area contributed by atoms with Gasteiger partial charge in [-0.3, -0.25) is 4.72 Å². The number of ether oxygens (including phenoxy) is 1. The van der Waals surface area contributed by atoms with Crippen molar-refractivity contribution in [2.45, 2.75) is 89.4 Å². The van der Waals surface area contributed by atoms with Crippen LogP contribution >= 0.6 is 0 Å². The van der Waals surface area contributed by atoms with Gasteiger partial charge in [-0.1, -0.05) is 101 Å². The Hall–Kier alpha value is -2.54. The minimum Gasteiger partial charge on any atom is -0.479 e. The van der Waals surface area contributed by atoms with Crippen LogP contribution in [0.1, 0.15) is 83.1 Å². The highest BCUT2D eigenvalue weighted by Gasteiger charge is 2.19. The zero-order chi connectivity index (χ0) is 24.7. The first-order chi connectivity index (χ1) is 16.4. The van der Waals surface area contributed by atoms with E-state index in [4.69, 9.17) is 4.74 Å². The highest BCUT2D eigenvalue weighted by Crippen LogP contribution is 2.22. The molecule has 0 aromatic heterocycles. The van der Waals surface area contributed by atoms with Gasteiger partial charge in [0, 0.05) is 6.07 Å². The maximum absolute atomic E-state index is 12.5. The summed E-state index contributed by atoms with van der Waals surface area (Å²) in [6.07, 6.45) is 11.3. The van der Waals surface area contributed by atoms with Gasteiger partial charge in [0.25, 0.3) is 0 Å². The summed E-state index contributed by atoms with van der Waals surface area (Å²) in [7, 11) is -3.60. The molecule has 0 aliphatic carbocycles. The van der Waals surface area contributed by atoms with Crippen molar-refractivity contribution < 1.29 is 23.1 Å². The van der Waals surface area contributed by atoms with Crippen LogP contribution in [0.3, 0.4) is 0 Å². The molecule has 0 radical (unpaired) electrons. The monoisotopic (exact) mass is 489 g/mol. The number of unbranched alkanes of at least 4 members (excludes halogenated alkanes) is 9. The number of aliphatic carboxylic acids is 1. The number of carbonyl (C=O) groups is 1. The molecule has 0 saturated carbocycles. The Kier molecular flexibility index (Phi) is 12.5. The lowest BCUT2D eigenvalue weighted by Gasteiger charge is -2.16. The fourth-order valence-corrected chi connectivity index (χ4v) is 5.05. The molecule has 2 N–H and O–H groups in total. The summed E-state index contributed by atoms with van der Waals surface area (Å²) < 4.78 is 33.2. The van der Waals surface area contributed by atoms with Crippen LogP contribution in [0.5, 0.6) is 5.75 Å². The molecule has 2 rings (SSSR count). The molecule has 0 saturated heterocycles. The van der Waals surface area contributed by atoms with E-state index in [0.717, 1.165) is 19.3 Å². The lowest BCUT2D eigenvalue weighted by molar-refractivity contribution is -0.145. The predicted molar refractivity (Wildman–Crippen MR) is 138 cm³/mol. The lowest BCUT2D eigenvalue weighted by atomic mass is 10.0. The van der Waals surface area contributed by atoms with Gasteiger partial charge in [-0.2, -0.15) is 0 Å². The number of anilines is 1. The first kappa shape index (κ1) is 27.7. The molecule has 0 spiro atoms. The summed E-state index contributed by atoms with van der Waals surface area (Å²) in [4.78, 5) is 11.7. The van der Waals surface area contributed by atoms with E-state index in [-0.39, 0.29) is 5.75 Å². The Labute approximate surface area is 204 Å². The molecule has 6 nitrogen and oxygen atoms in total. The second-order valence-electron chi connectivity index (χ2n) is 8.79. The van der Waals surface area contributed by atoms with Crippen molar-refractivity contribution in [3.8, 4) is 5.75 Å². The number of benzene rings is 2. The average Bonchev–Trinajstić information content (AvgIpc) is 2.79. The maximum Gasteiger partial charge on any atom is 0.344 e. The van der Waals surface area contributed by atoms with Gasteiger partial charge in [0.1, 0.15) is 5.75 Å². The van der Waals surface area contributed by atoms with Crippen molar-refractivity contribution in [3.63, 3.8) is 0 Å². The minimum absolute atomic E-state index is 0.143. The zero-order valence-electron chi connectivity index (χ0n) is 20.2. The van der Waals surface area contributed by atoms with Gasteiger partial charge < -0.3 is 9.84 Å². The molecule has 2 aromatic rings. The van der Waals surface area contributed by atoms with Crippen LogP contribution in [0.25, 0.3) is 0 Å². The normalized spacial score (nSPS) is 12.3. The fraction of sp³-hybridized carbons (Fsp3) is 0.519. The van der Waals surface area contributed by atoms with Gasteiger partial charge in [-0.15, -0.1) is 0 Å². The number of nitrogens with one attached hydrogen (secondary N) is 1. The topological polar surface area (TPSA) is 92.7 Å². The van der Waals surface area contributed by atoms with Gasteiger partial charge in [0.2, 0.25) is 10.0 Å². The molecule has 7 heteroatoms. The van der Waals surface area contributed by atoms with Gasteiger partial charge in [-0.25, -0.2) is 13.2 Å². The van der Waals surface area contributed by atoms with Crippen LogP contribution in [-0.2, 0) is 20.6 Å². The van der Waals surface area contributed by atoms with Crippen molar-refractivity contribution in [2.75, 3.05) is 4.72 Å². The average molecular weight is 490 g/mol. The van der Waals surface area contributed by atoms with E-state index in [0.29, 0.717) is 23.4 Å². The molecular weight excluding hydrogens is 450 g/mol. The highest BCUT2D eigenvalue weighted by atomic mass is 32.2. The van der Waals surface area contributed by atoms with Crippen LogP contribution in [-0.4, -0.2) is 25.6 Å². The lowest BCUT2D eigenvalue weighted by Crippen LogP contribution is -2.27. The fourth-order valence-electron chi connectivity index (χ4n) is 3.86. The standard InChI is InChI=1S/C27H39NO5S/c1-2-3-4-5-6-7-8-9-10-14-20-26(27(29)30)33-25-19-15-18-24(21-25)28-34(31,32)22-23-16-12-11-13-17-23/h11-13,15-19,21,26,28H,2-10,14,20,22H2,1H3,(H,29,30). The Morgan fingerprint density at radius 2 is 1.50 bits per heavy atom. The third-order valence-electron chi connectivity index (χ3n) is 5.68. The third-order valence-corrected chi connectivity index (χ3v) is 6.94. The molecule has 1 unspecified atom stereocenters. The summed E-state index contributed by atoms with van der Waals surface area (Å²) in [5, 5.41) is 9.56. The molecule has 0 amide bonds. The minimum atomic E-state index is -3.60. The molecule has 0 aliphatic heterocycles. The molecule has 34 heavy (non-hydrogen) atoms. The van der Waals surface area contributed by atoms with E-state index >= 15 is 0 Å². The SMILES string of the molecule is CCCCCCCCCCCCC(Oc1cccc(NS(=O)(=O)Cc2ccccc2)c1)C(=O)O. The second-order valence-corrected chi connectivity index (χ2v) is 10.5. The highest BCUT2D eigenvalue weighted by molar-refractivity contribution is 7.91. The summed E-state index contributed by atoms with van der Waals surface area (Å²) in [6, 6.07) is 15.4. The van der Waals surface area contributed by atoms with Gasteiger partial charge in [-0.05, 0) is 30.5 Å². The molecule has 0 bridgehead atoms. The number of carboxylic acids is 1. The van der Waals surface area contributed by atoms with E-state index < -0.39 is 22.1 Å². The van der Waals surface area contributed by atoms with E-state index in [1.807, 2.05) is 6.07 Å². The van der Waals surface area contributed by atoms with Crippen LogP contribution in [0.15, 0.2) is 54.6 Å². The smallest absolute Gasteiger partial charge is 0.344 e. The Balaban J connectivity index is 1.77. The van der Waals surface area contributed by atoms with Gasteiger partial charge >= 0.3 is 5.97 Å². The first-order valence-electron chi connectivity index (χ1n) is 12.4. The quantitative estimate of drug-likeness (QED) is 0.225. The summed E-state index contributed by atoms with van der Waals surface area (Å²) in [5.41, 5.74) is 1.03. The van der Waals surface area contributed by atoms with Gasteiger partial charge in [0.05, 0.1) is 11.4 Å². The molecule has 188 valence electrons. The van der Waals surface area contributed by atoms with E-state index in [2.05, 4.69) is 11.6 Å². The zero-order valence-corrected chi connectivity index (χ0v) is 21.1. The molecule has 0 heterocycles. The molecule has 2 aromatic carbocycles. The van der Waals surface area contributed by atoms with Crippen molar-refractivity contribution in [1.29, 1.82) is 0 Å². The van der Waals surface area contributed by atoms with E-state index in [1.54, 1.807) is 42.5 Å². The molecule has 0 fully saturated rings. The van der Waals surface area contributed by atoms with Crippen LogP contribution in [0.2, 0.25) is 0 Å². The second kappa shape index (κ2) is 15.4. The Morgan fingerprint density at radius 3 is 2.12 bits per heavy atom. The Bertz CT molecular complexity index is 947. The van der Waals surface area contributed by atoms with Crippen molar-refractivity contribution in [3.05, 3.63) is 60.2 Å². The number of hydrogen-bond donors (Lipinski definition) is 2. The van der Waals surface area contributed by atoms with Crippen molar-refractivity contribution >= 4 is 21.7 Å². The molecule has 1 atom stereocenters. The third kappa shape index (κ3) is 11.5. The summed E-state index contributed by atoms with van der Waals surface area (Å²) in [5.74, 6) is -0.819. The summed E-state index contributed by atoms with van der Waals surface area (Å²) in [6.45, 7) is 2.22. The van der Waals surface area contributed by atoms with E-state index in [1.165, 1.54) is 51.0 Å². The van der Waals surface area contributed by atoms with E-state index in [9.17, 15) is 18.3 Å². The largest absolute Gasteiger partial charge is 0.479 e. The van der Waals surface area contributed by atoms with Gasteiger partial charge in [0.15, 0.2) is 6.10 Å². The van der Waals surface area contributed by atoms with Crippen LogP contribution in [0.4, 0.5) is 5.69 Å². The summed E-state index contributed by atoms with van der Waals surface area (Å²) >= 11 is 0. The molecular formula is C27H39NO5S. The Morgan fingerprint density at radius 1 is 0.882 bits per heavy atom. The number of carboxylic acid groups (broad SMARTS) is 1. The van der Waals surface area contributed by atoms with Crippen LogP contribution in [0, 0.1) is 0 Å². The maximum atomic E-state index is 12.5.